The number of aromatic nitrogens is 2. The molecule has 5 heteroatoms. The summed E-state index contributed by atoms with van der Waals surface area (Å²) in [5.41, 5.74) is 3.78. The van der Waals surface area contributed by atoms with Gasteiger partial charge in [-0.05, 0) is 59.7 Å². The van der Waals surface area contributed by atoms with Gasteiger partial charge in [-0.25, -0.2) is 0 Å². The molecule has 0 spiro atoms. The number of aryl methyl sites for hydroxylation is 4. The molecule has 0 fully saturated rings. The normalized spacial score (nSPS) is 11.0. The predicted octanol–water partition coefficient (Wildman–Crippen LogP) is 4.32. The van der Waals surface area contributed by atoms with Crippen molar-refractivity contribution in [3.8, 4) is 17.2 Å². The summed E-state index contributed by atoms with van der Waals surface area (Å²) < 4.78 is 0. The zero-order valence-corrected chi connectivity index (χ0v) is 15.9. The van der Waals surface area contributed by atoms with Crippen molar-refractivity contribution in [1.29, 1.82) is 0 Å². The largest absolute Gasteiger partial charge is 0.504 e. The van der Waals surface area contributed by atoms with Gasteiger partial charge in [0.2, 0.25) is 0 Å². The van der Waals surface area contributed by atoms with Gasteiger partial charge in [0.15, 0.2) is 17.2 Å². The third-order valence-electron chi connectivity index (χ3n) is 5.02. The zero-order chi connectivity index (χ0) is 20.2. The second-order valence-corrected chi connectivity index (χ2v) is 7.17. The first-order valence-electron chi connectivity index (χ1n) is 9.60. The fourth-order valence-corrected chi connectivity index (χ4v) is 3.44. The van der Waals surface area contributed by atoms with E-state index in [4.69, 9.17) is 4.98 Å². The Hall–Kier alpha value is -3.60. The molecule has 4 aromatic rings. The van der Waals surface area contributed by atoms with Crippen molar-refractivity contribution < 1.29 is 15.3 Å². The molecular weight excluding hydrogens is 364 g/mol. The highest BCUT2D eigenvalue weighted by molar-refractivity contribution is 5.82. The first kappa shape index (κ1) is 18.7. The molecule has 1 heterocycles. The lowest BCUT2D eigenvalue weighted by atomic mass is 10.0. The molecular formula is C24H22N2O3. The van der Waals surface area contributed by atoms with Crippen molar-refractivity contribution in [3.63, 3.8) is 0 Å². The van der Waals surface area contributed by atoms with Crippen LogP contribution in [-0.2, 0) is 25.7 Å². The van der Waals surface area contributed by atoms with Crippen molar-refractivity contribution in [3.05, 3.63) is 89.5 Å². The van der Waals surface area contributed by atoms with Gasteiger partial charge in [-0.1, -0.05) is 42.5 Å². The summed E-state index contributed by atoms with van der Waals surface area (Å²) in [6.45, 7) is 0. The smallest absolute Gasteiger partial charge is 0.200 e. The predicted molar refractivity (Wildman–Crippen MR) is 112 cm³/mol. The summed E-state index contributed by atoms with van der Waals surface area (Å²) in [4.78, 5) is 9.00. The molecule has 1 aromatic heterocycles. The molecule has 0 radical (unpaired) electrons. The van der Waals surface area contributed by atoms with Crippen LogP contribution in [0.25, 0.3) is 10.8 Å². The maximum atomic E-state index is 9.63. The molecule has 0 saturated heterocycles. The number of rotatable bonds is 6. The van der Waals surface area contributed by atoms with Crippen molar-refractivity contribution >= 4 is 10.8 Å². The number of aromatic hydroxyl groups is 3. The Labute approximate surface area is 169 Å². The molecule has 5 nitrogen and oxygen atoms in total. The van der Waals surface area contributed by atoms with Crippen LogP contribution < -0.4 is 0 Å². The Bertz CT molecular complexity index is 1130. The molecule has 0 bridgehead atoms. The Morgan fingerprint density at radius 1 is 0.621 bits per heavy atom. The van der Waals surface area contributed by atoms with E-state index in [-0.39, 0.29) is 11.5 Å². The van der Waals surface area contributed by atoms with Crippen LogP contribution in [0.2, 0.25) is 0 Å². The summed E-state index contributed by atoms with van der Waals surface area (Å²) in [5, 5.41) is 31.2. The number of phenolic OH excluding ortho intramolecular Hbond substituents is 3. The summed E-state index contributed by atoms with van der Waals surface area (Å²) in [6.07, 6.45) is 6.43. The van der Waals surface area contributed by atoms with Crippen LogP contribution in [0.3, 0.4) is 0 Å². The standard InChI is InChI=1S/C24H22N2O3/c27-22-12-17(13-23(28)24(22)29)7-10-21-15-25-14-20(26-21)9-6-16-5-8-18-3-1-2-4-19(18)11-16/h1-5,8,11-15,27-29H,6-7,9-10H2. The summed E-state index contributed by atoms with van der Waals surface area (Å²) in [6, 6.07) is 17.8. The molecule has 0 aliphatic rings. The zero-order valence-electron chi connectivity index (χ0n) is 15.9. The van der Waals surface area contributed by atoms with Gasteiger partial charge in [-0.15, -0.1) is 0 Å². The maximum absolute atomic E-state index is 9.63. The number of fused-ring (bicyclic) bond motifs is 1. The highest BCUT2D eigenvalue weighted by Gasteiger charge is 2.09. The van der Waals surface area contributed by atoms with E-state index in [9.17, 15) is 15.3 Å². The van der Waals surface area contributed by atoms with Crippen molar-refractivity contribution in [2.45, 2.75) is 25.7 Å². The maximum Gasteiger partial charge on any atom is 0.200 e. The number of benzene rings is 3. The molecule has 4 rings (SSSR count). The van der Waals surface area contributed by atoms with E-state index in [1.807, 2.05) is 6.07 Å². The molecule has 3 N–H and O–H groups in total. The Kier molecular flexibility index (Phi) is 5.29. The highest BCUT2D eigenvalue weighted by atomic mass is 16.3. The highest BCUT2D eigenvalue weighted by Crippen LogP contribution is 2.35. The van der Waals surface area contributed by atoms with Crippen LogP contribution >= 0.6 is 0 Å². The topological polar surface area (TPSA) is 86.5 Å². The van der Waals surface area contributed by atoms with Crippen molar-refractivity contribution in [2.24, 2.45) is 0 Å². The SMILES string of the molecule is Oc1cc(CCc2cncc(CCc3ccc4ccccc4c3)n2)cc(O)c1O. The second kappa shape index (κ2) is 8.19. The van der Waals surface area contributed by atoms with Crippen molar-refractivity contribution in [1.82, 2.24) is 9.97 Å². The van der Waals surface area contributed by atoms with E-state index in [0.717, 1.165) is 29.8 Å². The Balaban J connectivity index is 1.40. The molecule has 3 aromatic carbocycles. The summed E-state index contributed by atoms with van der Waals surface area (Å²) >= 11 is 0. The van der Waals surface area contributed by atoms with E-state index >= 15 is 0 Å². The van der Waals surface area contributed by atoms with E-state index in [1.165, 1.54) is 28.5 Å². The van der Waals surface area contributed by atoms with Crippen molar-refractivity contribution in [2.75, 3.05) is 0 Å². The lowest BCUT2D eigenvalue weighted by Gasteiger charge is -2.07. The minimum Gasteiger partial charge on any atom is -0.504 e. The van der Waals surface area contributed by atoms with Crippen LogP contribution in [-0.4, -0.2) is 25.3 Å². The third kappa shape index (κ3) is 4.46. The van der Waals surface area contributed by atoms with Gasteiger partial charge in [-0.2, -0.15) is 0 Å². The minimum absolute atomic E-state index is 0.324. The van der Waals surface area contributed by atoms with Gasteiger partial charge in [0.1, 0.15) is 0 Å². The Morgan fingerprint density at radius 3 is 1.93 bits per heavy atom. The van der Waals surface area contributed by atoms with Gasteiger partial charge < -0.3 is 15.3 Å². The quantitative estimate of drug-likeness (QED) is 0.430. The first-order chi connectivity index (χ1) is 14.1. The molecule has 0 saturated carbocycles. The number of hydrogen-bond donors (Lipinski definition) is 3. The third-order valence-corrected chi connectivity index (χ3v) is 5.02. The van der Waals surface area contributed by atoms with Crippen LogP contribution in [0.5, 0.6) is 17.2 Å². The van der Waals surface area contributed by atoms with Gasteiger partial charge >= 0.3 is 0 Å². The number of nitrogens with zero attached hydrogens (tertiary/aromatic N) is 2. The van der Waals surface area contributed by atoms with Crippen LogP contribution in [0.1, 0.15) is 22.5 Å². The molecule has 0 amide bonds. The first-order valence-corrected chi connectivity index (χ1v) is 9.60. The lowest BCUT2D eigenvalue weighted by Crippen LogP contribution is -2.01. The summed E-state index contributed by atoms with van der Waals surface area (Å²) in [5.74, 6) is -1.14. The van der Waals surface area contributed by atoms with E-state index < -0.39 is 5.75 Å². The van der Waals surface area contributed by atoms with Crippen LogP contribution in [0, 0.1) is 0 Å². The van der Waals surface area contributed by atoms with E-state index in [0.29, 0.717) is 12.8 Å². The van der Waals surface area contributed by atoms with Gasteiger partial charge in [0.25, 0.3) is 0 Å². The average Bonchev–Trinajstić information content (AvgIpc) is 2.74. The Morgan fingerprint density at radius 2 is 1.24 bits per heavy atom. The molecule has 0 atom stereocenters. The van der Waals surface area contributed by atoms with Gasteiger partial charge in [-0.3, -0.25) is 9.97 Å². The van der Waals surface area contributed by atoms with Gasteiger partial charge in [0.05, 0.1) is 11.4 Å². The molecule has 0 aliphatic heterocycles. The molecule has 146 valence electrons. The fraction of sp³-hybridized carbons (Fsp3) is 0.167. The second-order valence-electron chi connectivity index (χ2n) is 7.17. The molecule has 29 heavy (non-hydrogen) atoms. The monoisotopic (exact) mass is 386 g/mol. The fourth-order valence-electron chi connectivity index (χ4n) is 3.44. The van der Waals surface area contributed by atoms with Crippen LogP contribution in [0.4, 0.5) is 0 Å². The molecule has 0 aliphatic carbocycles. The van der Waals surface area contributed by atoms with E-state index in [1.54, 1.807) is 12.4 Å². The van der Waals surface area contributed by atoms with Gasteiger partial charge in [0, 0.05) is 12.4 Å². The minimum atomic E-state index is -0.496. The molecule has 0 unspecified atom stereocenters. The van der Waals surface area contributed by atoms with E-state index in [2.05, 4.69) is 41.4 Å². The summed E-state index contributed by atoms with van der Waals surface area (Å²) in [7, 11) is 0. The van der Waals surface area contributed by atoms with Crippen LogP contribution in [0.15, 0.2) is 67.0 Å². The average molecular weight is 386 g/mol. The number of phenols is 3. The number of hydrogen-bond acceptors (Lipinski definition) is 5. The lowest BCUT2D eigenvalue weighted by molar-refractivity contribution is 0.367.